The third-order valence-corrected chi connectivity index (χ3v) is 3.68. The predicted octanol–water partition coefficient (Wildman–Crippen LogP) is -1.11. The normalized spacial score (nSPS) is 17.3. The van der Waals surface area contributed by atoms with Crippen LogP contribution in [0.25, 0.3) is 0 Å². The minimum atomic E-state index is -1.66. The third-order valence-electron chi connectivity index (χ3n) is 3.68. The van der Waals surface area contributed by atoms with Crippen LogP contribution in [0.3, 0.4) is 0 Å². The zero-order valence-corrected chi connectivity index (χ0v) is 14.6. The van der Waals surface area contributed by atoms with Gasteiger partial charge in [-0.1, -0.05) is 19.0 Å². The molecule has 2 rings (SSSR count). The molecule has 0 radical (unpaired) electrons. The molecule has 11 heteroatoms. The summed E-state index contributed by atoms with van der Waals surface area (Å²) in [5.41, 5.74) is 0.669. The monoisotopic (exact) mass is 363 g/mol. The van der Waals surface area contributed by atoms with Crippen LogP contribution in [0.2, 0.25) is 0 Å². The smallest absolute Gasteiger partial charge is 0.426 e. The fourth-order valence-electron chi connectivity index (χ4n) is 2.40. The molecule has 2 amide bonds. The van der Waals surface area contributed by atoms with Crippen molar-refractivity contribution in [2.75, 3.05) is 6.54 Å². The molecule has 4 N–H and O–H groups in total. The molecule has 26 heavy (non-hydrogen) atoms. The summed E-state index contributed by atoms with van der Waals surface area (Å²) < 4.78 is 0. The van der Waals surface area contributed by atoms with E-state index in [4.69, 9.17) is 4.84 Å². The number of rotatable bonds is 8. The largest absolute Gasteiger partial charge is 0.475 e. The molecule has 1 aromatic rings. The van der Waals surface area contributed by atoms with E-state index in [1.54, 1.807) is 0 Å². The van der Waals surface area contributed by atoms with Gasteiger partial charge in [-0.15, -0.1) is 0 Å². The number of amides is 2. The fraction of sp³-hybridized carbons (Fsp3) is 0.533. The maximum absolute atomic E-state index is 12.2. The lowest BCUT2D eigenvalue weighted by Gasteiger charge is -2.20. The van der Waals surface area contributed by atoms with Crippen molar-refractivity contribution in [3.8, 4) is 0 Å². The third kappa shape index (κ3) is 5.78. The zero-order chi connectivity index (χ0) is 19.1. The molecular formula is C15H22BN5O5. The molecule has 140 valence electrons. The van der Waals surface area contributed by atoms with Crippen LogP contribution >= 0.6 is 0 Å². The SMILES string of the molecule is CC(C)CC(NC(=O)C1CC(CNC(=O)c2cnccn2)=NO1)B(O)O. The van der Waals surface area contributed by atoms with E-state index in [0.29, 0.717) is 12.1 Å². The van der Waals surface area contributed by atoms with Gasteiger partial charge in [0.05, 0.1) is 24.4 Å². The van der Waals surface area contributed by atoms with Gasteiger partial charge in [0.25, 0.3) is 11.8 Å². The average Bonchev–Trinajstić information content (AvgIpc) is 3.08. The molecule has 1 aliphatic rings. The number of nitrogens with zero attached hydrogens (tertiary/aromatic N) is 3. The van der Waals surface area contributed by atoms with E-state index < -0.39 is 31.0 Å². The highest BCUT2D eigenvalue weighted by atomic mass is 16.6. The Balaban J connectivity index is 1.79. The van der Waals surface area contributed by atoms with Crippen molar-refractivity contribution in [3.05, 3.63) is 24.3 Å². The van der Waals surface area contributed by atoms with Gasteiger partial charge in [0, 0.05) is 18.8 Å². The van der Waals surface area contributed by atoms with E-state index in [-0.39, 0.29) is 24.6 Å². The van der Waals surface area contributed by atoms with E-state index in [1.165, 1.54) is 18.6 Å². The van der Waals surface area contributed by atoms with Crippen LogP contribution in [0.4, 0.5) is 0 Å². The van der Waals surface area contributed by atoms with Gasteiger partial charge in [0.1, 0.15) is 5.69 Å². The highest BCUT2D eigenvalue weighted by Crippen LogP contribution is 2.12. The topological polar surface area (TPSA) is 146 Å². The Morgan fingerprint density at radius 2 is 2.15 bits per heavy atom. The summed E-state index contributed by atoms with van der Waals surface area (Å²) in [5, 5.41) is 27.7. The van der Waals surface area contributed by atoms with E-state index in [2.05, 4.69) is 25.8 Å². The molecule has 0 spiro atoms. The molecular weight excluding hydrogens is 341 g/mol. The summed E-state index contributed by atoms with van der Waals surface area (Å²) in [7, 11) is -1.66. The van der Waals surface area contributed by atoms with Crippen molar-refractivity contribution in [1.29, 1.82) is 0 Å². The Morgan fingerprint density at radius 3 is 2.77 bits per heavy atom. The Morgan fingerprint density at radius 1 is 1.38 bits per heavy atom. The van der Waals surface area contributed by atoms with Gasteiger partial charge in [0.15, 0.2) is 0 Å². The minimum absolute atomic E-state index is 0.108. The zero-order valence-electron chi connectivity index (χ0n) is 14.6. The van der Waals surface area contributed by atoms with Crippen molar-refractivity contribution in [1.82, 2.24) is 20.6 Å². The Hall–Kier alpha value is -2.53. The predicted molar refractivity (Wildman–Crippen MR) is 92.9 cm³/mol. The summed E-state index contributed by atoms with van der Waals surface area (Å²) in [6.45, 7) is 3.93. The average molecular weight is 363 g/mol. The maximum Gasteiger partial charge on any atom is 0.475 e. The fourth-order valence-corrected chi connectivity index (χ4v) is 2.40. The molecule has 1 aromatic heterocycles. The molecule has 0 saturated heterocycles. The Kier molecular flexibility index (Phi) is 7.04. The molecule has 10 nitrogen and oxygen atoms in total. The van der Waals surface area contributed by atoms with Gasteiger partial charge < -0.3 is 25.5 Å². The molecule has 2 unspecified atom stereocenters. The second-order valence-electron chi connectivity index (χ2n) is 6.39. The van der Waals surface area contributed by atoms with Gasteiger partial charge in [-0.3, -0.25) is 14.6 Å². The summed E-state index contributed by atoms with van der Waals surface area (Å²) in [6, 6.07) is 0. The van der Waals surface area contributed by atoms with Gasteiger partial charge in [0.2, 0.25) is 6.10 Å². The van der Waals surface area contributed by atoms with Crippen molar-refractivity contribution in [3.63, 3.8) is 0 Å². The molecule has 0 aromatic carbocycles. The minimum Gasteiger partial charge on any atom is -0.426 e. The summed E-state index contributed by atoms with van der Waals surface area (Å²) in [6.07, 6.45) is 3.96. The van der Waals surface area contributed by atoms with Crippen LogP contribution in [0.15, 0.2) is 23.7 Å². The maximum atomic E-state index is 12.2. The number of hydrogen-bond donors (Lipinski definition) is 4. The second kappa shape index (κ2) is 9.25. The van der Waals surface area contributed by atoms with Crippen molar-refractivity contribution >= 4 is 24.6 Å². The lowest BCUT2D eigenvalue weighted by molar-refractivity contribution is -0.131. The molecule has 0 saturated carbocycles. The van der Waals surface area contributed by atoms with Gasteiger partial charge in [-0.05, 0) is 12.3 Å². The molecule has 0 fully saturated rings. The van der Waals surface area contributed by atoms with Crippen molar-refractivity contribution in [2.24, 2.45) is 11.1 Å². The van der Waals surface area contributed by atoms with Gasteiger partial charge >= 0.3 is 7.12 Å². The number of oxime groups is 1. The number of carbonyl (C=O) groups is 2. The number of carbonyl (C=O) groups excluding carboxylic acids is 2. The van der Waals surface area contributed by atoms with Crippen LogP contribution in [0.5, 0.6) is 0 Å². The molecule has 0 bridgehead atoms. The quantitative estimate of drug-likeness (QED) is 0.429. The summed E-state index contributed by atoms with van der Waals surface area (Å²) in [5.74, 6) is -1.50. The van der Waals surface area contributed by atoms with E-state index in [9.17, 15) is 19.6 Å². The number of hydrogen-bond acceptors (Lipinski definition) is 8. The van der Waals surface area contributed by atoms with E-state index >= 15 is 0 Å². The highest BCUT2D eigenvalue weighted by Gasteiger charge is 2.33. The lowest BCUT2D eigenvalue weighted by atomic mass is 9.75. The second-order valence-corrected chi connectivity index (χ2v) is 6.39. The Labute approximate surface area is 151 Å². The summed E-state index contributed by atoms with van der Waals surface area (Å²) in [4.78, 5) is 36.9. The van der Waals surface area contributed by atoms with Crippen LogP contribution in [-0.4, -0.2) is 63.3 Å². The lowest BCUT2D eigenvalue weighted by Crippen LogP contribution is -2.50. The van der Waals surface area contributed by atoms with Crippen LogP contribution in [0.1, 0.15) is 37.2 Å². The molecule has 0 aliphatic carbocycles. The standard InChI is InChI=1S/C15H22BN5O5/c1-9(2)5-13(16(24)25)20-15(23)12-6-10(21-26-12)7-19-14(22)11-8-17-3-4-18-11/h3-4,8-9,12-13,24-25H,5-7H2,1-2H3,(H,19,22)(H,20,23). The number of aromatic nitrogens is 2. The molecule has 1 aliphatic heterocycles. The molecule has 2 heterocycles. The first kappa shape index (κ1) is 19.8. The molecule has 2 atom stereocenters. The van der Waals surface area contributed by atoms with Crippen molar-refractivity contribution < 1.29 is 24.5 Å². The first-order valence-electron chi connectivity index (χ1n) is 8.29. The highest BCUT2D eigenvalue weighted by molar-refractivity contribution is 6.43. The first-order chi connectivity index (χ1) is 12.4. The van der Waals surface area contributed by atoms with E-state index in [1.807, 2.05) is 13.8 Å². The van der Waals surface area contributed by atoms with Gasteiger partial charge in [-0.25, -0.2) is 4.98 Å². The van der Waals surface area contributed by atoms with Crippen LogP contribution in [-0.2, 0) is 9.63 Å². The first-order valence-corrected chi connectivity index (χ1v) is 8.29. The van der Waals surface area contributed by atoms with Crippen molar-refractivity contribution in [2.45, 2.75) is 38.7 Å². The van der Waals surface area contributed by atoms with Crippen LogP contribution in [0, 0.1) is 5.92 Å². The Bertz CT molecular complexity index is 655. The summed E-state index contributed by atoms with van der Waals surface area (Å²) >= 11 is 0. The van der Waals surface area contributed by atoms with Gasteiger partial charge in [-0.2, -0.15) is 0 Å². The van der Waals surface area contributed by atoms with E-state index in [0.717, 1.165) is 0 Å². The van der Waals surface area contributed by atoms with Crippen LogP contribution < -0.4 is 10.6 Å². The number of nitrogens with one attached hydrogen (secondary N) is 2.